The minimum absolute atomic E-state index is 0.0834. The quantitative estimate of drug-likeness (QED) is 0.554. The number of carbonyl (C=O) groups is 2. The van der Waals surface area contributed by atoms with Crippen molar-refractivity contribution in [2.24, 2.45) is 0 Å². The maximum atomic E-state index is 10.9. The molecule has 1 aromatic carbocycles. The number of amides is 1. The number of benzene rings is 1. The number of carboxylic acid groups (broad SMARTS) is 1. The van der Waals surface area contributed by atoms with Crippen molar-refractivity contribution in [3.05, 3.63) is 29.8 Å². The number of rotatable bonds is 5. The van der Waals surface area contributed by atoms with Gasteiger partial charge in [0.05, 0.1) is 0 Å². The molecule has 6 heteroatoms. The Morgan fingerprint density at radius 3 is 2.29 bits per heavy atom. The number of aliphatic hydroxyl groups excluding tert-OH is 1. The molecule has 1 atom stereocenters. The van der Waals surface area contributed by atoms with Crippen LogP contribution in [-0.2, 0) is 16.0 Å². The summed E-state index contributed by atoms with van der Waals surface area (Å²) >= 11 is 0. The fourth-order valence-corrected chi connectivity index (χ4v) is 1.31. The molecule has 0 aliphatic rings. The van der Waals surface area contributed by atoms with Crippen LogP contribution >= 0.6 is 0 Å². The summed E-state index contributed by atoms with van der Waals surface area (Å²) in [5, 5.41) is 28.7. The molecule has 0 heterocycles. The zero-order chi connectivity index (χ0) is 12.8. The SMILES string of the molecule is O=C(CO)N[C@@H](Cc1ccc(O)cc1)C(=O)O. The van der Waals surface area contributed by atoms with Gasteiger partial charge in [-0.2, -0.15) is 0 Å². The van der Waals surface area contributed by atoms with E-state index in [0.717, 1.165) is 0 Å². The fourth-order valence-electron chi connectivity index (χ4n) is 1.31. The average Bonchev–Trinajstić information content (AvgIpc) is 2.30. The molecule has 0 aromatic heterocycles. The summed E-state index contributed by atoms with van der Waals surface area (Å²) in [6, 6.07) is 4.90. The molecule has 6 nitrogen and oxygen atoms in total. The fraction of sp³-hybridized carbons (Fsp3) is 0.273. The molecule has 1 rings (SSSR count). The lowest BCUT2D eigenvalue weighted by atomic mass is 10.1. The number of phenols is 1. The summed E-state index contributed by atoms with van der Waals surface area (Å²) in [7, 11) is 0. The van der Waals surface area contributed by atoms with Crippen molar-refractivity contribution in [3.63, 3.8) is 0 Å². The van der Waals surface area contributed by atoms with Gasteiger partial charge in [0, 0.05) is 6.42 Å². The summed E-state index contributed by atoms with van der Waals surface area (Å²) in [5.41, 5.74) is 0.661. The predicted molar refractivity (Wildman–Crippen MR) is 58.5 cm³/mol. The Kier molecular flexibility index (Phi) is 4.47. The smallest absolute Gasteiger partial charge is 0.326 e. The highest BCUT2D eigenvalue weighted by molar-refractivity contribution is 5.84. The lowest BCUT2D eigenvalue weighted by Crippen LogP contribution is -2.43. The first-order chi connectivity index (χ1) is 8.02. The summed E-state index contributed by atoms with van der Waals surface area (Å²) in [6.45, 7) is -0.751. The van der Waals surface area contributed by atoms with Crippen LogP contribution in [0.3, 0.4) is 0 Å². The van der Waals surface area contributed by atoms with Crippen LogP contribution in [0.15, 0.2) is 24.3 Å². The molecule has 0 bridgehead atoms. The van der Waals surface area contributed by atoms with Gasteiger partial charge in [-0.1, -0.05) is 12.1 Å². The Labute approximate surface area is 97.5 Å². The summed E-state index contributed by atoms with van der Waals surface area (Å²) in [5.74, 6) is -1.84. The van der Waals surface area contributed by atoms with Gasteiger partial charge in [0.1, 0.15) is 18.4 Å². The molecule has 0 aliphatic carbocycles. The lowest BCUT2D eigenvalue weighted by molar-refractivity contribution is -0.142. The van der Waals surface area contributed by atoms with E-state index in [1.807, 2.05) is 0 Å². The highest BCUT2D eigenvalue weighted by Crippen LogP contribution is 2.11. The van der Waals surface area contributed by atoms with E-state index in [1.165, 1.54) is 12.1 Å². The Balaban J connectivity index is 2.70. The minimum atomic E-state index is -1.18. The van der Waals surface area contributed by atoms with E-state index in [0.29, 0.717) is 5.56 Å². The van der Waals surface area contributed by atoms with Gasteiger partial charge in [0.15, 0.2) is 0 Å². The zero-order valence-corrected chi connectivity index (χ0v) is 8.96. The minimum Gasteiger partial charge on any atom is -0.508 e. The number of phenolic OH excluding ortho intramolecular Hbond substituents is 1. The van der Waals surface area contributed by atoms with Gasteiger partial charge < -0.3 is 20.6 Å². The first-order valence-corrected chi connectivity index (χ1v) is 4.94. The van der Waals surface area contributed by atoms with Crippen LogP contribution in [0, 0.1) is 0 Å². The second kappa shape index (κ2) is 5.86. The van der Waals surface area contributed by atoms with Crippen LogP contribution in [0.25, 0.3) is 0 Å². The Bertz CT molecular complexity index is 401. The number of aliphatic hydroxyl groups is 1. The molecule has 0 spiro atoms. The maximum Gasteiger partial charge on any atom is 0.326 e. The second-order valence-electron chi connectivity index (χ2n) is 3.49. The third-order valence-corrected chi connectivity index (χ3v) is 2.15. The molecule has 0 unspecified atom stereocenters. The molecule has 17 heavy (non-hydrogen) atoms. The highest BCUT2D eigenvalue weighted by atomic mass is 16.4. The Morgan fingerprint density at radius 1 is 1.24 bits per heavy atom. The van der Waals surface area contributed by atoms with Gasteiger partial charge in [-0.15, -0.1) is 0 Å². The molecular weight excluding hydrogens is 226 g/mol. The topological polar surface area (TPSA) is 107 Å². The van der Waals surface area contributed by atoms with Crippen LogP contribution in [-0.4, -0.2) is 39.8 Å². The van der Waals surface area contributed by atoms with E-state index in [4.69, 9.17) is 15.3 Å². The van der Waals surface area contributed by atoms with Gasteiger partial charge in [0.25, 0.3) is 0 Å². The number of nitrogens with one attached hydrogen (secondary N) is 1. The average molecular weight is 239 g/mol. The van der Waals surface area contributed by atoms with Crippen molar-refractivity contribution < 1.29 is 24.9 Å². The summed E-state index contributed by atoms with van der Waals surface area (Å²) in [6.07, 6.45) is 0.0847. The van der Waals surface area contributed by atoms with E-state index in [-0.39, 0.29) is 12.2 Å². The first kappa shape index (κ1) is 13.0. The van der Waals surface area contributed by atoms with Crippen molar-refractivity contribution in [3.8, 4) is 5.75 Å². The molecule has 1 amide bonds. The summed E-state index contributed by atoms with van der Waals surface area (Å²) in [4.78, 5) is 21.8. The van der Waals surface area contributed by atoms with Gasteiger partial charge in [-0.05, 0) is 17.7 Å². The van der Waals surface area contributed by atoms with E-state index >= 15 is 0 Å². The van der Waals surface area contributed by atoms with Crippen molar-refractivity contribution >= 4 is 11.9 Å². The molecule has 0 fully saturated rings. The maximum absolute atomic E-state index is 10.9. The van der Waals surface area contributed by atoms with Gasteiger partial charge in [0.2, 0.25) is 5.91 Å². The molecule has 0 saturated heterocycles. The van der Waals surface area contributed by atoms with Crippen molar-refractivity contribution in [2.45, 2.75) is 12.5 Å². The van der Waals surface area contributed by atoms with Crippen LogP contribution in [0.2, 0.25) is 0 Å². The lowest BCUT2D eigenvalue weighted by Gasteiger charge is -2.13. The van der Waals surface area contributed by atoms with E-state index in [9.17, 15) is 9.59 Å². The van der Waals surface area contributed by atoms with Crippen LogP contribution in [0.4, 0.5) is 0 Å². The summed E-state index contributed by atoms with van der Waals surface area (Å²) < 4.78 is 0. The Morgan fingerprint density at radius 2 is 1.82 bits per heavy atom. The molecule has 92 valence electrons. The Hall–Kier alpha value is -2.08. The van der Waals surface area contributed by atoms with Gasteiger partial charge in [-0.3, -0.25) is 4.79 Å². The molecule has 4 N–H and O–H groups in total. The second-order valence-corrected chi connectivity index (χ2v) is 3.49. The number of carbonyl (C=O) groups excluding carboxylic acids is 1. The van der Waals surface area contributed by atoms with E-state index < -0.39 is 24.5 Å². The van der Waals surface area contributed by atoms with Crippen molar-refractivity contribution in [1.82, 2.24) is 5.32 Å². The normalized spacial score (nSPS) is 11.8. The molecule has 0 radical (unpaired) electrons. The number of aliphatic carboxylic acids is 1. The number of aromatic hydroxyl groups is 1. The van der Waals surface area contributed by atoms with Crippen molar-refractivity contribution in [2.75, 3.05) is 6.61 Å². The number of carboxylic acids is 1. The standard InChI is InChI=1S/C11H13NO5/c13-6-10(15)12-9(11(16)17)5-7-1-3-8(14)4-2-7/h1-4,9,13-14H,5-6H2,(H,12,15)(H,16,17)/t9-/m0/s1. The largest absolute Gasteiger partial charge is 0.508 e. The van der Waals surface area contributed by atoms with Gasteiger partial charge >= 0.3 is 5.97 Å². The number of hydrogen-bond donors (Lipinski definition) is 4. The molecule has 0 aliphatic heterocycles. The van der Waals surface area contributed by atoms with E-state index in [1.54, 1.807) is 12.1 Å². The van der Waals surface area contributed by atoms with E-state index in [2.05, 4.69) is 5.32 Å². The third kappa shape index (κ3) is 4.12. The zero-order valence-electron chi connectivity index (χ0n) is 8.96. The van der Waals surface area contributed by atoms with Crippen LogP contribution in [0.5, 0.6) is 5.75 Å². The molecule has 0 saturated carbocycles. The first-order valence-electron chi connectivity index (χ1n) is 4.94. The van der Waals surface area contributed by atoms with Gasteiger partial charge in [-0.25, -0.2) is 4.79 Å². The highest BCUT2D eigenvalue weighted by Gasteiger charge is 2.19. The number of hydrogen-bond acceptors (Lipinski definition) is 4. The molecule has 1 aromatic rings. The van der Waals surface area contributed by atoms with Crippen LogP contribution < -0.4 is 5.32 Å². The monoisotopic (exact) mass is 239 g/mol. The van der Waals surface area contributed by atoms with Crippen LogP contribution in [0.1, 0.15) is 5.56 Å². The predicted octanol–water partition coefficient (Wildman–Crippen LogP) is -0.504. The third-order valence-electron chi connectivity index (χ3n) is 2.15. The molecular formula is C11H13NO5. The van der Waals surface area contributed by atoms with Crippen molar-refractivity contribution in [1.29, 1.82) is 0 Å².